The maximum absolute atomic E-state index is 13.0. The third-order valence-corrected chi connectivity index (χ3v) is 9.91. The van der Waals surface area contributed by atoms with Crippen molar-refractivity contribution in [2.75, 3.05) is 43.5 Å². The first-order valence-corrected chi connectivity index (χ1v) is 17.8. The number of ether oxygens (including phenoxy) is 1. The Balaban J connectivity index is 1.01. The molecule has 53 heavy (non-hydrogen) atoms. The standard InChI is InChI=1S/C40H42ClN5O7/c1-53-36-22-32(31(41)21-26(36)23-42-24-35(48)29-11-13-34(47)39-30(29)12-14-37(49)44-39)43-38(50)17-20-45-18-15-27(16-19-45)46(40(51)52)33-10-6-5-9-28(33)25-7-3-2-4-8-25/h2-14,21-22,27,35,42,47-48H,15-20,23-24H2,1H3,(H,43,50)(H,44,49)(H,51,52)/t35-/m0/s1. The number of rotatable bonds is 13. The van der Waals surface area contributed by atoms with Gasteiger partial charge in [-0.2, -0.15) is 0 Å². The van der Waals surface area contributed by atoms with Crippen LogP contribution in [0.1, 0.15) is 36.5 Å². The van der Waals surface area contributed by atoms with Gasteiger partial charge in [0, 0.05) is 73.8 Å². The molecule has 1 aromatic heterocycles. The van der Waals surface area contributed by atoms with Crippen molar-refractivity contribution in [1.29, 1.82) is 0 Å². The summed E-state index contributed by atoms with van der Waals surface area (Å²) in [6, 6.07) is 26.5. The zero-order valence-corrected chi connectivity index (χ0v) is 30.0. The largest absolute Gasteiger partial charge is 0.506 e. The van der Waals surface area contributed by atoms with Gasteiger partial charge in [-0.1, -0.05) is 66.2 Å². The number of benzene rings is 4. The van der Waals surface area contributed by atoms with E-state index in [1.807, 2.05) is 54.6 Å². The molecule has 2 heterocycles. The number of phenolic OH excluding ortho intramolecular Hbond substituents is 1. The fourth-order valence-electron chi connectivity index (χ4n) is 6.90. The number of aliphatic hydroxyl groups excluding tert-OH is 1. The number of hydrogen-bond acceptors (Lipinski definition) is 8. The van der Waals surface area contributed by atoms with Crippen molar-refractivity contribution in [3.63, 3.8) is 0 Å². The summed E-state index contributed by atoms with van der Waals surface area (Å²) in [7, 11) is 1.52. The highest BCUT2D eigenvalue weighted by Crippen LogP contribution is 2.35. The van der Waals surface area contributed by atoms with E-state index in [0.717, 1.165) is 11.1 Å². The van der Waals surface area contributed by atoms with Crippen LogP contribution in [0.2, 0.25) is 5.02 Å². The summed E-state index contributed by atoms with van der Waals surface area (Å²) in [5.74, 6) is 0.203. The molecule has 0 aliphatic carbocycles. The second-order valence-electron chi connectivity index (χ2n) is 13.0. The van der Waals surface area contributed by atoms with Crippen LogP contribution in [-0.4, -0.2) is 76.5 Å². The lowest BCUT2D eigenvalue weighted by atomic mass is 9.98. The Morgan fingerprint density at radius 1 is 1.02 bits per heavy atom. The average Bonchev–Trinajstić information content (AvgIpc) is 3.16. The van der Waals surface area contributed by atoms with Gasteiger partial charge in [-0.3, -0.25) is 14.5 Å². The van der Waals surface area contributed by atoms with Gasteiger partial charge in [-0.05, 0) is 48.2 Å². The van der Waals surface area contributed by atoms with Crippen molar-refractivity contribution < 1.29 is 29.6 Å². The van der Waals surface area contributed by atoms with Gasteiger partial charge in [0.15, 0.2) is 0 Å². The van der Waals surface area contributed by atoms with Crippen LogP contribution in [0.25, 0.3) is 22.0 Å². The number of likely N-dealkylation sites (tertiary alicyclic amines) is 1. The molecule has 276 valence electrons. The molecule has 0 bridgehead atoms. The lowest BCUT2D eigenvalue weighted by molar-refractivity contribution is -0.116. The third-order valence-electron chi connectivity index (χ3n) is 9.59. The average molecular weight is 740 g/mol. The van der Waals surface area contributed by atoms with E-state index in [1.54, 1.807) is 24.3 Å². The monoisotopic (exact) mass is 739 g/mol. The summed E-state index contributed by atoms with van der Waals surface area (Å²) in [5.41, 5.74) is 4.06. The highest BCUT2D eigenvalue weighted by molar-refractivity contribution is 6.33. The van der Waals surface area contributed by atoms with Gasteiger partial charge in [-0.25, -0.2) is 4.79 Å². The normalized spacial score (nSPS) is 14.2. The van der Waals surface area contributed by atoms with Gasteiger partial charge >= 0.3 is 6.09 Å². The van der Waals surface area contributed by atoms with Crippen LogP contribution in [0.5, 0.6) is 11.5 Å². The summed E-state index contributed by atoms with van der Waals surface area (Å²) >= 11 is 6.59. The van der Waals surface area contributed by atoms with Gasteiger partial charge < -0.3 is 40.6 Å². The number of carbonyl (C=O) groups excluding carboxylic acids is 1. The number of aromatic amines is 1. The number of halogens is 1. The first kappa shape index (κ1) is 37.4. The minimum Gasteiger partial charge on any atom is -0.506 e. The number of phenols is 1. The van der Waals surface area contributed by atoms with E-state index < -0.39 is 12.2 Å². The molecule has 1 aliphatic heterocycles. The number of amides is 2. The Labute approximate surface area is 311 Å². The number of aliphatic hydroxyl groups is 1. The number of nitrogens with zero attached hydrogens (tertiary/aromatic N) is 2. The predicted molar refractivity (Wildman–Crippen MR) is 206 cm³/mol. The number of fused-ring (bicyclic) bond motifs is 1. The Hall–Kier alpha value is -5.40. The van der Waals surface area contributed by atoms with Crippen LogP contribution >= 0.6 is 11.6 Å². The maximum Gasteiger partial charge on any atom is 0.412 e. The van der Waals surface area contributed by atoms with Gasteiger partial charge in [0.25, 0.3) is 0 Å². The molecule has 6 rings (SSSR count). The highest BCUT2D eigenvalue weighted by Gasteiger charge is 2.30. The van der Waals surface area contributed by atoms with Gasteiger partial charge in [0.05, 0.1) is 35.1 Å². The second kappa shape index (κ2) is 17.0. The molecular weight excluding hydrogens is 698 g/mol. The molecule has 0 radical (unpaired) electrons. The van der Waals surface area contributed by atoms with Crippen LogP contribution in [0.4, 0.5) is 16.2 Å². The lowest BCUT2D eigenvalue weighted by Gasteiger charge is -2.37. The van der Waals surface area contributed by atoms with Crippen molar-refractivity contribution >= 4 is 45.9 Å². The van der Waals surface area contributed by atoms with E-state index in [-0.39, 0.29) is 41.7 Å². The first-order chi connectivity index (χ1) is 25.6. The van der Waals surface area contributed by atoms with Crippen LogP contribution in [0, 0.1) is 0 Å². The number of H-pyrrole nitrogens is 1. The van der Waals surface area contributed by atoms with Crippen LogP contribution in [-0.2, 0) is 11.3 Å². The molecule has 2 amide bonds. The van der Waals surface area contributed by atoms with Crippen molar-refractivity contribution in [3.05, 3.63) is 117 Å². The second-order valence-corrected chi connectivity index (χ2v) is 13.4. The van der Waals surface area contributed by atoms with E-state index in [4.69, 9.17) is 16.3 Å². The van der Waals surface area contributed by atoms with Crippen molar-refractivity contribution in [1.82, 2.24) is 15.2 Å². The maximum atomic E-state index is 13.0. The quantitative estimate of drug-likeness (QED) is 0.0805. The molecule has 0 spiro atoms. The topological polar surface area (TPSA) is 167 Å². The molecule has 4 aromatic carbocycles. The molecule has 5 aromatic rings. The molecule has 13 heteroatoms. The minimum absolute atomic E-state index is 0.0839. The summed E-state index contributed by atoms with van der Waals surface area (Å²) in [6.45, 7) is 2.28. The number of pyridine rings is 1. The number of piperidine rings is 1. The molecular formula is C40H42ClN5O7. The number of aromatic hydroxyl groups is 1. The number of carboxylic acid groups (broad SMARTS) is 1. The fraction of sp³-hybridized carbons (Fsp3) is 0.275. The van der Waals surface area contributed by atoms with E-state index in [2.05, 4.69) is 20.5 Å². The number of methoxy groups -OCH3 is 1. The van der Waals surface area contributed by atoms with E-state index in [1.165, 1.54) is 24.1 Å². The summed E-state index contributed by atoms with van der Waals surface area (Å²) in [5, 5.41) is 38.3. The number of aromatic nitrogens is 1. The fourth-order valence-corrected chi connectivity index (χ4v) is 7.13. The zero-order valence-electron chi connectivity index (χ0n) is 29.2. The lowest BCUT2D eigenvalue weighted by Crippen LogP contribution is -2.47. The van der Waals surface area contributed by atoms with Gasteiger partial charge in [-0.15, -0.1) is 0 Å². The number of hydrogen-bond donors (Lipinski definition) is 6. The predicted octanol–water partition coefficient (Wildman–Crippen LogP) is 6.36. The molecule has 0 saturated carbocycles. The smallest absolute Gasteiger partial charge is 0.412 e. The van der Waals surface area contributed by atoms with Crippen molar-refractivity contribution in [2.24, 2.45) is 0 Å². The molecule has 1 atom stereocenters. The summed E-state index contributed by atoms with van der Waals surface area (Å²) in [4.78, 5) is 43.6. The molecule has 1 fully saturated rings. The Bertz CT molecular complexity index is 2140. The molecule has 12 nitrogen and oxygen atoms in total. The van der Waals surface area contributed by atoms with Crippen LogP contribution in [0.15, 0.2) is 95.8 Å². The Morgan fingerprint density at radius 2 is 1.75 bits per heavy atom. The van der Waals surface area contributed by atoms with Crippen molar-refractivity contribution in [2.45, 2.75) is 38.0 Å². The molecule has 6 N–H and O–H groups in total. The van der Waals surface area contributed by atoms with E-state index >= 15 is 0 Å². The number of carbonyl (C=O) groups is 2. The highest BCUT2D eigenvalue weighted by atomic mass is 35.5. The van der Waals surface area contributed by atoms with Gasteiger partial charge in [0.2, 0.25) is 11.5 Å². The molecule has 0 unspecified atom stereocenters. The third kappa shape index (κ3) is 8.81. The summed E-state index contributed by atoms with van der Waals surface area (Å²) in [6.07, 6.45) is -0.426. The van der Waals surface area contributed by atoms with Crippen LogP contribution in [0.3, 0.4) is 0 Å². The molecule has 1 saturated heterocycles. The van der Waals surface area contributed by atoms with E-state index in [9.17, 15) is 29.7 Å². The Kier molecular flexibility index (Phi) is 12.0. The summed E-state index contributed by atoms with van der Waals surface area (Å²) < 4.78 is 5.58. The van der Waals surface area contributed by atoms with Gasteiger partial charge in [0.1, 0.15) is 11.5 Å². The first-order valence-electron chi connectivity index (χ1n) is 17.4. The van der Waals surface area contributed by atoms with E-state index in [0.29, 0.717) is 77.7 Å². The minimum atomic E-state index is -0.986. The number of nitrogens with one attached hydrogen (secondary N) is 3. The SMILES string of the molecule is COc1cc(NC(=O)CCN2CCC(N(C(=O)O)c3ccccc3-c3ccccc3)CC2)c(Cl)cc1CNC[C@H](O)c1ccc(O)c2[nH]c(=O)ccc12. The molecule has 1 aliphatic rings. The number of anilines is 2. The zero-order chi connectivity index (χ0) is 37.5. The van der Waals surface area contributed by atoms with Crippen LogP contribution < -0.4 is 25.8 Å². The van der Waals surface area contributed by atoms with Crippen molar-refractivity contribution in [3.8, 4) is 22.6 Å². The Morgan fingerprint density at radius 3 is 2.49 bits per heavy atom. The number of para-hydroxylation sites is 1.